The van der Waals surface area contributed by atoms with Crippen molar-refractivity contribution in [3.8, 4) is 0 Å². The molecule has 2 atom stereocenters. The first kappa shape index (κ1) is 19.0. The molecule has 0 aromatic carbocycles. The third-order valence-corrected chi connectivity index (χ3v) is 6.45. The highest BCUT2D eigenvalue weighted by atomic mass is 19.4. The molecule has 1 aliphatic heterocycles. The molecule has 3 fully saturated rings. The Bertz CT molecular complexity index is 440. The van der Waals surface area contributed by atoms with Crippen molar-refractivity contribution in [3.63, 3.8) is 0 Å². The van der Waals surface area contributed by atoms with E-state index >= 15 is 0 Å². The number of nitrogens with one attached hydrogen (secondary N) is 1. The maximum absolute atomic E-state index is 13.2. The van der Waals surface area contributed by atoms with Gasteiger partial charge < -0.3 is 10.2 Å². The molecule has 0 spiro atoms. The van der Waals surface area contributed by atoms with Crippen molar-refractivity contribution in [3.05, 3.63) is 0 Å². The van der Waals surface area contributed by atoms with E-state index in [-0.39, 0.29) is 18.4 Å². The van der Waals surface area contributed by atoms with Crippen LogP contribution in [0.5, 0.6) is 0 Å². The normalized spacial score (nSPS) is 30.5. The summed E-state index contributed by atoms with van der Waals surface area (Å²) >= 11 is 0. The molecule has 3 aliphatic rings. The molecule has 2 saturated carbocycles. The van der Waals surface area contributed by atoms with Crippen LogP contribution < -0.4 is 5.32 Å². The molecule has 1 N–H and O–H groups in total. The Kier molecular flexibility index (Phi) is 6.29. The molecule has 1 amide bonds. The molecule has 3 rings (SSSR count). The summed E-state index contributed by atoms with van der Waals surface area (Å²) in [6.07, 6.45) is 4.60. The van der Waals surface area contributed by atoms with Gasteiger partial charge in [0.1, 0.15) is 0 Å². The van der Waals surface area contributed by atoms with Crippen molar-refractivity contribution in [1.29, 1.82) is 0 Å². The Hall–Kier alpha value is -0.780. The number of halogens is 3. The van der Waals surface area contributed by atoms with Crippen LogP contribution >= 0.6 is 0 Å². The predicted molar refractivity (Wildman–Crippen MR) is 91.1 cm³/mol. The van der Waals surface area contributed by atoms with Gasteiger partial charge in [0.05, 0.1) is 5.92 Å². The van der Waals surface area contributed by atoms with E-state index in [4.69, 9.17) is 0 Å². The van der Waals surface area contributed by atoms with E-state index in [2.05, 4.69) is 10.2 Å². The fourth-order valence-electron chi connectivity index (χ4n) is 4.96. The van der Waals surface area contributed by atoms with Crippen LogP contribution in [0, 0.1) is 17.8 Å². The topological polar surface area (TPSA) is 32.3 Å². The number of carbonyl (C=O) groups excluding carboxylic acids is 1. The van der Waals surface area contributed by atoms with Gasteiger partial charge in [0.15, 0.2) is 0 Å². The van der Waals surface area contributed by atoms with E-state index in [1.807, 2.05) is 0 Å². The number of carbonyl (C=O) groups is 1. The molecule has 0 aromatic rings. The van der Waals surface area contributed by atoms with E-state index < -0.39 is 18.0 Å². The monoisotopic (exact) mass is 360 g/mol. The number of rotatable bonds is 4. The Morgan fingerprint density at radius 3 is 2.16 bits per heavy atom. The SMILES string of the molecule is O=C(NC1CCN(CC2CCCC2)CC1)C1CCCCC1C(F)(F)F. The Morgan fingerprint density at radius 2 is 1.52 bits per heavy atom. The zero-order chi connectivity index (χ0) is 17.9. The minimum Gasteiger partial charge on any atom is -0.353 e. The number of nitrogens with zero attached hydrogens (tertiary/aromatic N) is 1. The Labute approximate surface area is 148 Å². The summed E-state index contributed by atoms with van der Waals surface area (Å²) in [7, 11) is 0. The van der Waals surface area contributed by atoms with E-state index in [1.54, 1.807) is 0 Å². The van der Waals surface area contributed by atoms with Crippen LogP contribution in [0.2, 0.25) is 0 Å². The standard InChI is InChI=1S/C19H31F3N2O/c20-19(21,22)17-8-4-3-7-16(17)18(25)23-15-9-11-24(12-10-15)13-14-5-1-2-6-14/h14-17H,1-13H2,(H,23,25). The molecule has 0 bridgehead atoms. The van der Waals surface area contributed by atoms with Crippen LogP contribution in [0.4, 0.5) is 13.2 Å². The van der Waals surface area contributed by atoms with Gasteiger partial charge in [0.25, 0.3) is 0 Å². The van der Waals surface area contributed by atoms with Crippen molar-refractivity contribution in [2.24, 2.45) is 17.8 Å². The van der Waals surface area contributed by atoms with Gasteiger partial charge >= 0.3 is 6.18 Å². The summed E-state index contributed by atoms with van der Waals surface area (Å²) in [6.45, 7) is 3.06. The van der Waals surface area contributed by atoms with Crippen LogP contribution in [0.25, 0.3) is 0 Å². The minimum absolute atomic E-state index is 0.0446. The maximum atomic E-state index is 13.2. The van der Waals surface area contributed by atoms with Crippen molar-refractivity contribution in [1.82, 2.24) is 10.2 Å². The van der Waals surface area contributed by atoms with E-state index in [9.17, 15) is 18.0 Å². The molecule has 3 nitrogen and oxygen atoms in total. The van der Waals surface area contributed by atoms with Crippen molar-refractivity contribution in [2.45, 2.75) is 76.4 Å². The number of piperidine rings is 1. The lowest BCUT2D eigenvalue weighted by atomic mass is 9.78. The molecular weight excluding hydrogens is 329 g/mol. The van der Waals surface area contributed by atoms with Crippen LogP contribution in [-0.2, 0) is 4.79 Å². The van der Waals surface area contributed by atoms with Gasteiger partial charge in [-0.25, -0.2) is 0 Å². The van der Waals surface area contributed by atoms with Crippen molar-refractivity contribution < 1.29 is 18.0 Å². The summed E-state index contributed by atoms with van der Waals surface area (Å²) < 4.78 is 39.6. The first-order valence-corrected chi connectivity index (χ1v) is 10.0. The van der Waals surface area contributed by atoms with Crippen LogP contribution in [0.15, 0.2) is 0 Å². The average Bonchev–Trinajstić information content (AvgIpc) is 3.09. The summed E-state index contributed by atoms with van der Waals surface area (Å²) in [5.74, 6) is -1.88. The first-order chi connectivity index (χ1) is 11.9. The van der Waals surface area contributed by atoms with Crippen LogP contribution in [-0.4, -0.2) is 42.7 Å². The quantitative estimate of drug-likeness (QED) is 0.818. The zero-order valence-corrected chi connectivity index (χ0v) is 15.0. The highest BCUT2D eigenvalue weighted by Gasteiger charge is 2.48. The predicted octanol–water partition coefficient (Wildman–Crippen LogP) is 4.13. The molecule has 0 radical (unpaired) electrons. The van der Waals surface area contributed by atoms with Gasteiger partial charge in [0.2, 0.25) is 5.91 Å². The first-order valence-electron chi connectivity index (χ1n) is 10.0. The smallest absolute Gasteiger partial charge is 0.353 e. The molecular formula is C19H31F3N2O. The minimum atomic E-state index is -4.26. The molecule has 1 saturated heterocycles. The molecule has 1 heterocycles. The van der Waals surface area contributed by atoms with Crippen LogP contribution in [0.1, 0.15) is 64.2 Å². The van der Waals surface area contributed by atoms with Gasteiger partial charge in [0, 0.05) is 31.6 Å². The summed E-state index contributed by atoms with van der Waals surface area (Å²) in [4.78, 5) is 14.9. The fourth-order valence-corrected chi connectivity index (χ4v) is 4.96. The largest absolute Gasteiger partial charge is 0.392 e. The van der Waals surface area contributed by atoms with Gasteiger partial charge in [-0.1, -0.05) is 25.7 Å². The second-order valence-corrected chi connectivity index (χ2v) is 8.27. The summed E-state index contributed by atoms with van der Waals surface area (Å²) in [6, 6.07) is 0.0446. The third-order valence-electron chi connectivity index (χ3n) is 6.45. The number of alkyl halides is 3. The van der Waals surface area contributed by atoms with Gasteiger partial charge in [-0.3, -0.25) is 4.79 Å². The highest BCUT2D eigenvalue weighted by molar-refractivity contribution is 5.79. The molecule has 2 unspecified atom stereocenters. The lowest BCUT2D eigenvalue weighted by molar-refractivity contribution is -0.198. The van der Waals surface area contributed by atoms with Crippen LogP contribution in [0.3, 0.4) is 0 Å². The number of amides is 1. The van der Waals surface area contributed by atoms with E-state index in [0.717, 1.165) is 44.8 Å². The van der Waals surface area contributed by atoms with Gasteiger partial charge in [-0.15, -0.1) is 0 Å². The summed E-state index contributed by atoms with van der Waals surface area (Å²) in [5.41, 5.74) is 0. The number of hydrogen-bond acceptors (Lipinski definition) is 2. The Balaban J connectivity index is 1.45. The molecule has 2 aliphatic carbocycles. The fraction of sp³-hybridized carbons (Fsp3) is 0.947. The zero-order valence-electron chi connectivity index (χ0n) is 15.0. The lowest BCUT2D eigenvalue weighted by Crippen LogP contribution is -2.49. The molecule has 0 aromatic heterocycles. The highest BCUT2D eigenvalue weighted by Crippen LogP contribution is 2.41. The molecule has 25 heavy (non-hydrogen) atoms. The van der Waals surface area contributed by atoms with E-state index in [1.165, 1.54) is 25.7 Å². The second kappa shape index (κ2) is 8.28. The lowest BCUT2D eigenvalue weighted by Gasteiger charge is -2.36. The van der Waals surface area contributed by atoms with Crippen molar-refractivity contribution in [2.75, 3.05) is 19.6 Å². The van der Waals surface area contributed by atoms with E-state index in [0.29, 0.717) is 12.8 Å². The number of hydrogen-bond donors (Lipinski definition) is 1. The number of likely N-dealkylation sites (tertiary alicyclic amines) is 1. The molecule has 144 valence electrons. The average molecular weight is 360 g/mol. The maximum Gasteiger partial charge on any atom is 0.392 e. The molecule has 6 heteroatoms. The third kappa shape index (κ3) is 5.11. The summed E-state index contributed by atoms with van der Waals surface area (Å²) in [5, 5.41) is 2.94. The Morgan fingerprint density at radius 1 is 0.920 bits per heavy atom. The van der Waals surface area contributed by atoms with Gasteiger partial charge in [-0.2, -0.15) is 13.2 Å². The van der Waals surface area contributed by atoms with Gasteiger partial charge in [-0.05, 0) is 44.4 Å². The second-order valence-electron chi connectivity index (χ2n) is 8.27. The van der Waals surface area contributed by atoms with Crippen molar-refractivity contribution >= 4 is 5.91 Å².